The zero-order valence-corrected chi connectivity index (χ0v) is 30.4. The monoisotopic (exact) mass is 596 g/mol. The first-order valence-electron chi connectivity index (χ1n) is 16.4. The van der Waals surface area contributed by atoms with E-state index in [2.05, 4.69) is 121 Å². The van der Waals surface area contributed by atoms with Crippen molar-refractivity contribution in [2.75, 3.05) is 6.61 Å². The first-order chi connectivity index (χ1) is 19.2. The first-order valence-corrected chi connectivity index (χ1v) is 17.5. The van der Waals surface area contributed by atoms with Gasteiger partial charge in [0.2, 0.25) is 0 Å². The highest BCUT2D eigenvalue weighted by Crippen LogP contribution is 2.56. The number of benzene rings is 2. The number of hydrogen-bond donors (Lipinski definition) is 0. The second-order valence-electron chi connectivity index (χ2n) is 16.6. The lowest BCUT2D eigenvalue weighted by Gasteiger charge is -2.36. The third-order valence-electron chi connectivity index (χ3n) is 8.54. The van der Waals surface area contributed by atoms with Crippen LogP contribution in [0.4, 0.5) is 0 Å². The molecule has 0 saturated carbocycles. The molecule has 1 heterocycles. The van der Waals surface area contributed by atoms with E-state index in [1.165, 1.54) is 65.5 Å². The second-order valence-corrected chi connectivity index (χ2v) is 17.7. The van der Waals surface area contributed by atoms with Crippen molar-refractivity contribution in [2.45, 2.75) is 163 Å². The SMILES string of the molecule is CCCCCCCCOP1Oc2c(cc(C(C)(C)C)cc2C(C)(C)C)C(C)c2cc(C(C)(C)C)cc(C(C)(C)C)c2O1. The van der Waals surface area contributed by atoms with Crippen LogP contribution in [-0.4, -0.2) is 6.61 Å². The maximum Gasteiger partial charge on any atom is 0.463 e. The smallest absolute Gasteiger partial charge is 0.417 e. The second kappa shape index (κ2) is 13.2. The van der Waals surface area contributed by atoms with E-state index >= 15 is 0 Å². The van der Waals surface area contributed by atoms with Gasteiger partial charge in [-0.3, -0.25) is 4.52 Å². The molecule has 2 aromatic rings. The fourth-order valence-corrected chi connectivity index (χ4v) is 6.67. The van der Waals surface area contributed by atoms with Crippen LogP contribution in [0.5, 0.6) is 11.5 Å². The normalized spacial score (nSPS) is 18.0. The summed E-state index contributed by atoms with van der Waals surface area (Å²) >= 11 is 0. The predicted octanol–water partition coefficient (Wildman–Crippen LogP) is 12.4. The quantitative estimate of drug-likeness (QED) is 0.224. The first kappa shape index (κ1) is 34.9. The third-order valence-corrected chi connectivity index (χ3v) is 9.60. The fraction of sp³-hybridized carbons (Fsp3) is 0.684. The Hall–Kier alpha value is -1.57. The molecule has 4 heteroatoms. The van der Waals surface area contributed by atoms with E-state index in [0.717, 1.165) is 17.9 Å². The fourth-order valence-electron chi connectivity index (χ4n) is 5.54. The minimum absolute atomic E-state index is 0.0132. The van der Waals surface area contributed by atoms with Crippen molar-refractivity contribution in [3.63, 3.8) is 0 Å². The Morgan fingerprint density at radius 1 is 0.595 bits per heavy atom. The minimum atomic E-state index is -1.64. The molecule has 0 N–H and O–H groups in total. The molecule has 3 rings (SSSR count). The van der Waals surface area contributed by atoms with Crippen LogP contribution in [-0.2, 0) is 26.2 Å². The molecule has 1 aliphatic heterocycles. The molecule has 0 radical (unpaired) electrons. The van der Waals surface area contributed by atoms with Crippen LogP contribution in [0.25, 0.3) is 0 Å². The highest BCUT2D eigenvalue weighted by atomic mass is 31.2. The summed E-state index contributed by atoms with van der Waals surface area (Å²) in [6, 6.07) is 9.52. The van der Waals surface area contributed by atoms with Gasteiger partial charge in [0.05, 0.1) is 6.61 Å². The van der Waals surface area contributed by atoms with Crippen LogP contribution < -0.4 is 9.05 Å². The number of unbranched alkanes of at least 4 members (excludes halogenated alkanes) is 5. The summed E-state index contributed by atoms with van der Waals surface area (Å²) in [4.78, 5) is 0. The average molecular weight is 597 g/mol. The third kappa shape index (κ3) is 8.53. The van der Waals surface area contributed by atoms with E-state index in [-0.39, 0.29) is 27.6 Å². The summed E-state index contributed by atoms with van der Waals surface area (Å²) in [7, 11) is -1.64. The van der Waals surface area contributed by atoms with Gasteiger partial charge in [-0.15, -0.1) is 0 Å². The van der Waals surface area contributed by atoms with Gasteiger partial charge in [-0.2, -0.15) is 0 Å². The molecule has 236 valence electrons. The maximum atomic E-state index is 6.92. The van der Waals surface area contributed by atoms with E-state index < -0.39 is 8.60 Å². The zero-order chi connectivity index (χ0) is 31.7. The average Bonchev–Trinajstić information content (AvgIpc) is 2.84. The molecule has 0 bridgehead atoms. The number of hydrogen-bond acceptors (Lipinski definition) is 3. The lowest BCUT2D eigenvalue weighted by Crippen LogP contribution is -2.23. The van der Waals surface area contributed by atoms with Crippen molar-refractivity contribution in [1.29, 1.82) is 0 Å². The molecule has 0 aromatic heterocycles. The lowest BCUT2D eigenvalue weighted by atomic mass is 9.74. The van der Waals surface area contributed by atoms with Crippen molar-refractivity contribution in [2.24, 2.45) is 0 Å². The molecular formula is C38H61O3P. The van der Waals surface area contributed by atoms with Gasteiger partial charge in [0.25, 0.3) is 0 Å². The zero-order valence-electron chi connectivity index (χ0n) is 29.5. The van der Waals surface area contributed by atoms with Crippen LogP contribution in [0.1, 0.15) is 175 Å². The molecule has 0 amide bonds. The van der Waals surface area contributed by atoms with Crippen molar-refractivity contribution >= 4 is 8.60 Å². The van der Waals surface area contributed by atoms with Crippen LogP contribution in [0.15, 0.2) is 24.3 Å². The molecular weight excluding hydrogens is 535 g/mol. The molecule has 0 fully saturated rings. The Balaban J connectivity index is 2.24. The molecule has 1 aliphatic rings. The van der Waals surface area contributed by atoms with Crippen LogP contribution >= 0.6 is 8.60 Å². The highest BCUT2D eigenvalue weighted by molar-refractivity contribution is 7.42. The van der Waals surface area contributed by atoms with Gasteiger partial charge in [0.15, 0.2) is 0 Å². The Bertz CT molecular complexity index is 1120. The van der Waals surface area contributed by atoms with E-state index in [9.17, 15) is 0 Å². The van der Waals surface area contributed by atoms with Gasteiger partial charge in [-0.25, -0.2) is 0 Å². The predicted molar refractivity (Wildman–Crippen MR) is 183 cm³/mol. The summed E-state index contributed by atoms with van der Waals surface area (Å²) in [6.07, 6.45) is 7.33. The summed E-state index contributed by atoms with van der Waals surface area (Å²) in [5, 5.41) is 0. The van der Waals surface area contributed by atoms with Crippen molar-refractivity contribution < 1.29 is 13.6 Å². The van der Waals surface area contributed by atoms with Crippen molar-refractivity contribution in [3.8, 4) is 11.5 Å². The molecule has 0 unspecified atom stereocenters. The Labute approximate surface area is 260 Å². The van der Waals surface area contributed by atoms with Gasteiger partial charge in [0, 0.05) is 28.2 Å². The lowest BCUT2D eigenvalue weighted by molar-refractivity contribution is 0.252. The van der Waals surface area contributed by atoms with Gasteiger partial charge in [-0.05, 0) is 39.2 Å². The molecule has 0 atom stereocenters. The van der Waals surface area contributed by atoms with Gasteiger partial charge < -0.3 is 9.05 Å². The molecule has 0 saturated heterocycles. The largest absolute Gasteiger partial charge is 0.463 e. The summed E-state index contributed by atoms with van der Waals surface area (Å²) in [5.41, 5.74) is 7.42. The summed E-state index contributed by atoms with van der Waals surface area (Å²) in [6.45, 7) is 32.8. The van der Waals surface area contributed by atoms with Crippen molar-refractivity contribution in [3.05, 3.63) is 57.6 Å². The summed E-state index contributed by atoms with van der Waals surface area (Å²) in [5.74, 6) is 1.99. The Morgan fingerprint density at radius 2 is 1.00 bits per heavy atom. The Kier molecular flexibility index (Phi) is 11.0. The van der Waals surface area contributed by atoms with E-state index in [1.54, 1.807) is 0 Å². The van der Waals surface area contributed by atoms with Crippen molar-refractivity contribution in [1.82, 2.24) is 0 Å². The highest BCUT2D eigenvalue weighted by Gasteiger charge is 2.37. The number of rotatable bonds is 8. The van der Waals surface area contributed by atoms with E-state index in [0.29, 0.717) is 6.61 Å². The van der Waals surface area contributed by atoms with Crippen LogP contribution in [0, 0.1) is 0 Å². The minimum Gasteiger partial charge on any atom is -0.417 e. The molecule has 0 spiro atoms. The standard InChI is InChI=1S/C38H61O3P/c1-15-16-17-18-19-20-21-39-42-40-33-29(22-27(35(3,4)5)24-31(33)37(9,10)11)26(2)30-23-28(36(6,7)8)25-32(34(30)41-42)38(12,13)14/h22-26H,15-21H2,1-14H3. The molecule has 42 heavy (non-hydrogen) atoms. The molecule has 0 aliphatic carbocycles. The van der Waals surface area contributed by atoms with E-state index in [4.69, 9.17) is 13.6 Å². The molecule has 3 nitrogen and oxygen atoms in total. The maximum absolute atomic E-state index is 6.92. The van der Waals surface area contributed by atoms with Crippen LogP contribution in [0.2, 0.25) is 0 Å². The summed E-state index contributed by atoms with van der Waals surface area (Å²) < 4.78 is 20.4. The van der Waals surface area contributed by atoms with Gasteiger partial charge in [-0.1, -0.05) is 153 Å². The van der Waals surface area contributed by atoms with E-state index in [1.807, 2.05) is 0 Å². The number of fused-ring (bicyclic) bond motifs is 2. The topological polar surface area (TPSA) is 27.7 Å². The molecule has 2 aromatic carbocycles. The van der Waals surface area contributed by atoms with Gasteiger partial charge >= 0.3 is 8.60 Å². The van der Waals surface area contributed by atoms with Gasteiger partial charge in [0.1, 0.15) is 11.5 Å². The van der Waals surface area contributed by atoms with Crippen LogP contribution in [0.3, 0.4) is 0 Å². The Morgan fingerprint density at radius 3 is 1.38 bits per heavy atom.